The van der Waals surface area contributed by atoms with E-state index in [1.54, 1.807) is 24.4 Å². The summed E-state index contributed by atoms with van der Waals surface area (Å²) in [5.41, 5.74) is 2.65. The predicted octanol–water partition coefficient (Wildman–Crippen LogP) is 2.40. The Morgan fingerprint density at radius 2 is 2.08 bits per heavy atom. The molecule has 1 aliphatic heterocycles. The summed E-state index contributed by atoms with van der Waals surface area (Å²) in [6.45, 7) is 4.21. The van der Waals surface area contributed by atoms with Gasteiger partial charge < -0.3 is 14.8 Å². The van der Waals surface area contributed by atoms with E-state index in [1.165, 1.54) is 0 Å². The highest BCUT2D eigenvalue weighted by Crippen LogP contribution is 2.34. The van der Waals surface area contributed by atoms with Gasteiger partial charge in [0.05, 0.1) is 6.20 Å². The lowest BCUT2D eigenvalue weighted by Crippen LogP contribution is -2.39. The molecule has 0 radical (unpaired) electrons. The van der Waals surface area contributed by atoms with Crippen LogP contribution in [-0.2, 0) is 11.3 Å². The van der Waals surface area contributed by atoms with Crippen molar-refractivity contribution in [3.8, 4) is 11.5 Å². The fourth-order valence-electron chi connectivity index (χ4n) is 2.80. The number of rotatable bonds is 4. The summed E-state index contributed by atoms with van der Waals surface area (Å²) in [4.78, 5) is 12.4. The predicted molar refractivity (Wildman–Crippen MR) is 89.7 cm³/mol. The maximum atomic E-state index is 12.4. The van der Waals surface area contributed by atoms with Gasteiger partial charge in [0.25, 0.3) is 5.91 Å². The van der Waals surface area contributed by atoms with Gasteiger partial charge >= 0.3 is 0 Å². The maximum absolute atomic E-state index is 12.4. The molecule has 2 aromatic carbocycles. The minimum absolute atomic E-state index is 0.120. The molecule has 0 atom stereocenters. The van der Waals surface area contributed by atoms with Crippen LogP contribution in [0.15, 0.2) is 55.4 Å². The molecule has 0 aliphatic carbocycles. The molecule has 3 aromatic rings. The van der Waals surface area contributed by atoms with Crippen LogP contribution in [0.25, 0.3) is 17.2 Å². The summed E-state index contributed by atoms with van der Waals surface area (Å²) in [6, 6.07) is 13.2. The van der Waals surface area contributed by atoms with E-state index >= 15 is 0 Å². The van der Waals surface area contributed by atoms with E-state index < -0.39 is 0 Å². The molecule has 1 aromatic heterocycles. The average molecular weight is 322 g/mol. The number of anilines is 1. The molecule has 0 fully saturated rings. The van der Waals surface area contributed by atoms with Crippen LogP contribution < -0.4 is 19.4 Å². The largest absolute Gasteiger partial charge is 0.454 e. The molecular weight excluding hydrogens is 306 g/mol. The first-order valence-corrected chi connectivity index (χ1v) is 7.55. The number of fused-ring (bicyclic) bond motifs is 2. The van der Waals surface area contributed by atoms with E-state index in [-0.39, 0.29) is 19.2 Å². The van der Waals surface area contributed by atoms with Crippen molar-refractivity contribution in [2.24, 2.45) is 0 Å². The van der Waals surface area contributed by atoms with Gasteiger partial charge in [0.15, 0.2) is 29.1 Å². The van der Waals surface area contributed by atoms with Gasteiger partial charge in [0.2, 0.25) is 13.1 Å². The highest BCUT2D eigenvalue weighted by Gasteiger charge is 2.18. The molecule has 0 spiro atoms. The van der Waals surface area contributed by atoms with Crippen LogP contribution >= 0.6 is 0 Å². The molecule has 6 nitrogen and oxygen atoms in total. The van der Waals surface area contributed by atoms with Crippen LogP contribution in [0.5, 0.6) is 11.5 Å². The summed E-state index contributed by atoms with van der Waals surface area (Å²) < 4.78 is 14.4. The number of hydrogen-bond donors (Lipinski definition) is 1. The number of benzene rings is 2. The number of carbonyl (C=O) groups excluding carboxylic acids is 1. The normalized spacial score (nSPS) is 12.3. The number of amides is 1. The second-order valence-corrected chi connectivity index (χ2v) is 5.44. The van der Waals surface area contributed by atoms with E-state index in [9.17, 15) is 4.79 Å². The summed E-state index contributed by atoms with van der Waals surface area (Å²) in [5.74, 6) is 1.21. The fourth-order valence-corrected chi connectivity index (χ4v) is 2.80. The van der Waals surface area contributed by atoms with Crippen molar-refractivity contribution in [2.75, 3.05) is 12.1 Å². The van der Waals surface area contributed by atoms with Gasteiger partial charge in [-0.25, -0.2) is 9.13 Å². The first-order chi connectivity index (χ1) is 11.7. The number of imidazole rings is 1. The lowest BCUT2D eigenvalue weighted by molar-refractivity contribution is -0.658. The van der Waals surface area contributed by atoms with Crippen LogP contribution in [0, 0.1) is 0 Å². The van der Waals surface area contributed by atoms with Crippen molar-refractivity contribution in [3.63, 3.8) is 0 Å². The van der Waals surface area contributed by atoms with Crippen LogP contribution in [0.1, 0.15) is 0 Å². The number of aromatic nitrogens is 2. The Bertz CT molecular complexity index is 946. The Kier molecular flexibility index (Phi) is 3.42. The number of nitrogens with zero attached hydrogens (tertiary/aromatic N) is 2. The van der Waals surface area contributed by atoms with Gasteiger partial charge in [-0.2, -0.15) is 0 Å². The monoisotopic (exact) mass is 322 g/mol. The molecular formula is C18H16N3O3+. The van der Waals surface area contributed by atoms with Crippen molar-refractivity contribution < 1.29 is 18.8 Å². The molecule has 0 bridgehead atoms. The smallest absolute Gasteiger partial charge is 0.266 e. The zero-order chi connectivity index (χ0) is 16.5. The van der Waals surface area contributed by atoms with Gasteiger partial charge in [-0.05, 0) is 24.3 Å². The maximum Gasteiger partial charge on any atom is 0.266 e. The molecule has 6 heteroatoms. The van der Waals surface area contributed by atoms with E-state index in [0.29, 0.717) is 17.2 Å². The SMILES string of the molecule is C=Cn1c[n+](CC(=O)Nc2ccc3c(c2)OCO3)c2ccccc21. The average Bonchev–Trinajstić information content (AvgIpc) is 3.19. The minimum Gasteiger partial charge on any atom is -0.454 e. The van der Waals surface area contributed by atoms with Crippen molar-refractivity contribution in [1.29, 1.82) is 0 Å². The Morgan fingerprint density at radius 3 is 2.96 bits per heavy atom. The zero-order valence-corrected chi connectivity index (χ0v) is 12.9. The van der Waals surface area contributed by atoms with Gasteiger partial charge in [-0.1, -0.05) is 18.7 Å². The molecule has 0 saturated carbocycles. The van der Waals surface area contributed by atoms with Crippen molar-refractivity contribution in [2.45, 2.75) is 6.54 Å². The lowest BCUT2D eigenvalue weighted by Gasteiger charge is -2.05. The van der Waals surface area contributed by atoms with Gasteiger partial charge in [-0.3, -0.25) is 4.79 Å². The van der Waals surface area contributed by atoms with Gasteiger partial charge in [0, 0.05) is 11.8 Å². The summed E-state index contributed by atoms with van der Waals surface area (Å²) in [5, 5.41) is 2.88. The van der Waals surface area contributed by atoms with E-state index in [4.69, 9.17) is 9.47 Å². The molecule has 24 heavy (non-hydrogen) atoms. The van der Waals surface area contributed by atoms with Gasteiger partial charge in [0.1, 0.15) is 0 Å². The van der Waals surface area contributed by atoms with Crippen LogP contribution in [0.2, 0.25) is 0 Å². The number of para-hydroxylation sites is 2. The lowest BCUT2D eigenvalue weighted by atomic mass is 10.2. The molecule has 120 valence electrons. The van der Waals surface area contributed by atoms with E-state index in [0.717, 1.165) is 11.0 Å². The quantitative estimate of drug-likeness (QED) is 0.751. The van der Waals surface area contributed by atoms with Crippen molar-refractivity contribution >= 4 is 28.8 Å². The van der Waals surface area contributed by atoms with E-state index in [1.807, 2.05) is 39.7 Å². The summed E-state index contributed by atoms with van der Waals surface area (Å²) >= 11 is 0. The van der Waals surface area contributed by atoms with Crippen LogP contribution in [0.4, 0.5) is 5.69 Å². The number of nitrogens with one attached hydrogen (secondary N) is 1. The molecule has 1 N–H and O–H groups in total. The minimum atomic E-state index is -0.120. The number of hydrogen-bond acceptors (Lipinski definition) is 3. The Labute approximate surface area is 138 Å². The number of ether oxygens (including phenoxy) is 2. The fraction of sp³-hybridized carbons (Fsp3) is 0.111. The first-order valence-electron chi connectivity index (χ1n) is 7.55. The second-order valence-electron chi connectivity index (χ2n) is 5.44. The molecule has 0 saturated heterocycles. The zero-order valence-electron chi connectivity index (χ0n) is 12.9. The third-order valence-electron chi connectivity index (χ3n) is 3.90. The van der Waals surface area contributed by atoms with Crippen molar-refractivity contribution in [1.82, 2.24) is 4.57 Å². The molecule has 0 unspecified atom stereocenters. The molecule has 4 rings (SSSR count). The Hall–Kier alpha value is -3.28. The number of carbonyl (C=O) groups is 1. The van der Waals surface area contributed by atoms with E-state index in [2.05, 4.69) is 11.9 Å². The van der Waals surface area contributed by atoms with Crippen molar-refractivity contribution in [3.05, 3.63) is 55.4 Å². The van der Waals surface area contributed by atoms with Gasteiger partial charge in [-0.15, -0.1) is 0 Å². The third kappa shape index (κ3) is 2.48. The first kappa shape index (κ1) is 14.3. The molecule has 1 aliphatic rings. The van der Waals surface area contributed by atoms with Crippen LogP contribution in [-0.4, -0.2) is 17.3 Å². The van der Waals surface area contributed by atoms with Crippen LogP contribution in [0.3, 0.4) is 0 Å². The highest BCUT2D eigenvalue weighted by molar-refractivity contribution is 5.90. The molecule has 2 heterocycles. The topological polar surface area (TPSA) is 56.4 Å². The Balaban J connectivity index is 1.55. The Morgan fingerprint density at radius 1 is 1.25 bits per heavy atom. The second kappa shape index (κ2) is 5.73. The standard InChI is InChI=1S/C18H15N3O3/c1-2-20-11-21(15-6-4-3-5-14(15)20)10-18(22)19-13-7-8-16-17(9-13)24-12-23-16/h2-9,11H,1,10,12H2/p+1. The highest BCUT2D eigenvalue weighted by atomic mass is 16.7. The third-order valence-corrected chi connectivity index (χ3v) is 3.90. The summed E-state index contributed by atoms with van der Waals surface area (Å²) in [7, 11) is 0. The summed E-state index contributed by atoms with van der Waals surface area (Å²) in [6.07, 6.45) is 3.57. The molecule has 1 amide bonds.